The van der Waals surface area contributed by atoms with Gasteiger partial charge in [0.2, 0.25) is 11.8 Å². The van der Waals surface area contributed by atoms with Gasteiger partial charge in [-0.3, -0.25) is 14.4 Å². The van der Waals surface area contributed by atoms with Crippen LogP contribution in [0.25, 0.3) is 0 Å². The number of nitrogens with one attached hydrogen (secondary N) is 2. The molecular formula is C27H40N4O6. The number of hydrogen-bond acceptors (Lipinski definition) is 7. The summed E-state index contributed by atoms with van der Waals surface area (Å²) in [6, 6.07) is 6.79. The van der Waals surface area contributed by atoms with Gasteiger partial charge in [-0.05, 0) is 46.1 Å². The Bertz CT molecular complexity index is 965. The Morgan fingerprint density at radius 3 is 2.24 bits per heavy atom. The van der Waals surface area contributed by atoms with Crippen molar-refractivity contribution in [1.82, 2.24) is 15.5 Å². The van der Waals surface area contributed by atoms with Crippen LogP contribution in [-0.2, 0) is 23.9 Å². The highest BCUT2D eigenvalue weighted by molar-refractivity contribution is 5.92. The fraction of sp³-hybridized carbons (Fsp3) is 0.593. The van der Waals surface area contributed by atoms with Gasteiger partial charge in [0, 0.05) is 6.54 Å². The summed E-state index contributed by atoms with van der Waals surface area (Å²) in [5.41, 5.74) is 0.665. The van der Waals surface area contributed by atoms with E-state index in [1.54, 1.807) is 58.9 Å². The molecule has 3 atom stereocenters. The quantitative estimate of drug-likeness (QED) is 0.321. The maximum Gasteiger partial charge on any atom is 0.408 e. The molecule has 0 aliphatic heterocycles. The minimum Gasteiger partial charge on any atom is -0.466 e. The smallest absolute Gasteiger partial charge is 0.408 e. The molecule has 1 aromatic carbocycles. The predicted molar refractivity (Wildman–Crippen MR) is 138 cm³/mol. The molecule has 1 rings (SSSR count). The number of alkyl carbamates (subject to hydrolysis) is 1. The summed E-state index contributed by atoms with van der Waals surface area (Å²) in [4.78, 5) is 52.6. The summed E-state index contributed by atoms with van der Waals surface area (Å²) in [6.07, 6.45) is -0.260. The molecule has 10 heteroatoms. The Hall–Kier alpha value is -3.61. The maximum absolute atomic E-state index is 13.8. The lowest BCUT2D eigenvalue weighted by Gasteiger charge is -2.34. The molecule has 0 aromatic heterocycles. The highest BCUT2D eigenvalue weighted by atomic mass is 16.6. The van der Waals surface area contributed by atoms with Crippen molar-refractivity contribution >= 4 is 23.9 Å². The zero-order valence-corrected chi connectivity index (χ0v) is 22.9. The first-order valence-electron chi connectivity index (χ1n) is 12.5. The first-order chi connectivity index (χ1) is 17.3. The molecule has 0 aliphatic rings. The second-order valence-corrected chi connectivity index (χ2v) is 9.79. The van der Waals surface area contributed by atoms with Gasteiger partial charge in [0.15, 0.2) is 0 Å². The third kappa shape index (κ3) is 10.5. The van der Waals surface area contributed by atoms with Crippen LogP contribution in [0, 0.1) is 24.2 Å². The molecule has 3 unspecified atom stereocenters. The number of nitrogens with zero attached hydrogens (tertiary/aromatic N) is 2. The number of rotatable bonds is 12. The van der Waals surface area contributed by atoms with Gasteiger partial charge >= 0.3 is 12.1 Å². The second kappa shape index (κ2) is 14.8. The van der Waals surface area contributed by atoms with Crippen LogP contribution in [0.5, 0.6) is 0 Å². The summed E-state index contributed by atoms with van der Waals surface area (Å²) in [6.45, 7) is 12.2. The number of esters is 1. The molecular weight excluding hydrogens is 476 g/mol. The van der Waals surface area contributed by atoms with E-state index < -0.39 is 48.1 Å². The van der Waals surface area contributed by atoms with Crippen molar-refractivity contribution in [2.24, 2.45) is 5.92 Å². The van der Waals surface area contributed by atoms with E-state index in [0.717, 1.165) is 10.5 Å². The summed E-state index contributed by atoms with van der Waals surface area (Å²) >= 11 is 0. The molecule has 37 heavy (non-hydrogen) atoms. The second-order valence-electron chi connectivity index (χ2n) is 9.79. The van der Waals surface area contributed by atoms with Crippen LogP contribution in [0.2, 0.25) is 0 Å². The van der Waals surface area contributed by atoms with E-state index in [0.29, 0.717) is 12.0 Å². The number of ether oxygens (including phenoxy) is 2. The standard InChI is InChI=1S/C27H40N4O6/c1-8-19(4)22(30-26(35)37-27(5,6)7)25(34)31(17-15-28)23(20-12-10-18(3)11-13-20)24(33)29-16-14-21(32)36-9-2/h10-13,19,22-23H,8-9,14,16-17H2,1-7H3,(H,29,33)(H,30,35). The molecule has 0 heterocycles. The van der Waals surface area contributed by atoms with Crippen molar-refractivity contribution in [1.29, 1.82) is 5.26 Å². The van der Waals surface area contributed by atoms with Crippen LogP contribution < -0.4 is 10.6 Å². The maximum atomic E-state index is 13.8. The Labute approximate surface area is 219 Å². The lowest BCUT2D eigenvalue weighted by molar-refractivity contribution is -0.144. The van der Waals surface area contributed by atoms with E-state index >= 15 is 0 Å². The van der Waals surface area contributed by atoms with Crippen molar-refractivity contribution in [3.05, 3.63) is 35.4 Å². The zero-order chi connectivity index (χ0) is 28.2. The van der Waals surface area contributed by atoms with Crippen molar-refractivity contribution in [3.8, 4) is 6.07 Å². The molecule has 10 nitrogen and oxygen atoms in total. The van der Waals surface area contributed by atoms with E-state index in [9.17, 15) is 24.4 Å². The fourth-order valence-electron chi connectivity index (χ4n) is 3.51. The zero-order valence-electron chi connectivity index (χ0n) is 22.9. The van der Waals surface area contributed by atoms with Crippen LogP contribution in [0.4, 0.5) is 4.79 Å². The number of aryl methyl sites for hydroxylation is 1. The van der Waals surface area contributed by atoms with Crippen molar-refractivity contribution in [2.45, 2.75) is 79.0 Å². The SMILES string of the molecule is CCOC(=O)CCNC(=O)C(c1ccc(C)cc1)N(CC#N)C(=O)C(NC(=O)OC(C)(C)C)C(C)CC. The molecule has 1 aromatic rings. The van der Waals surface area contributed by atoms with Crippen LogP contribution in [-0.4, -0.2) is 60.1 Å². The minimum atomic E-state index is -1.16. The summed E-state index contributed by atoms with van der Waals surface area (Å²) < 4.78 is 10.2. The van der Waals surface area contributed by atoms with Crippen LogP contribution in [0.15, 0.2) is 24.3 Å². The summed E-state index contributed by atoms with van der Waals surface area (Å²) in [5.74, 6) is -1.92. The average molecular weight is 517 g/mol. The average Bonchev–Trinajstić information content (AvgIpc) is 2.81. The highest BCUT2D eigenvalue weighted by Gasteiger charge is 2.38. The van der Waals surface area contributed by atoms with Gasteiger partial charge < -0.3 is 25.0 Å². The van der Waals surface area contributed by atoms with Gasteiger partial charge in [0.05, 0.1) is 19.1 Å². The number of carbonyl (C=O) groups excluding carboxylic acids is 4. The molecule has 2 N–H and O–H groups in total. The number of amides is 3. The lowest BCUT2D eigenvalue weighted by Crippen LogP contribution is -2.55. The van der Waals surface area contributed by atoms with Crippen molar-refractivity contribution < 1.29 is 28.7 Å². The molecule has 0 saturated carbocycles. The summed E-state index contributed by atoms with van der Waals surface area (Å²) in [7, 11) is 0. The predicted octanol–water partition coefficient (Wildman–Crippen LogP) is 3.40. The first kappa shape index (κ1) is 31.4. The molecule has 0 spiro atoms. The van der Waals surface area contributed by atoms with Crippen LogP contribution in [0.3, 0.4) is 0 Å². The van der Waals surface area contributed by atoms with Crippen molar-refractivity contribution in [3.63, 3.8) is 0 Å². The topological polar surface area (TPSA) is 138 Å². The Morgan fingerprint density at radius 1 is 1.11 bits per heavy atom. The number of nitriles is 1. The van der Waals surface area contributed by atoms with E-state index in [1.165, 1.54) is 0 Å². The van der Waals surface area contributed by atoms with E-state index in [4.69, 9.17) is 9.47 Å². The first-order valence-corrected chi connectivity index (χ1v) is 12.5. The van der Waals surface area contributed by atoms with E-state index in [-0.39, 0.29) is 25.5 Å². The number of carbonyl (C=O) groups is 4. The Kier molecular flexibility index (Phi) is 12.6. The van der Waals surface area contributed by atoms with Crippen LogP contribution >= 0.6 is 0 Å². The third-order valence-corrected chi connectivity index (χ3v) is 5.56. The Balaban J connectivity index is 3.36. The summed E-state index contributed by atoms with van der Waals surface area (Å²) in [5, 5.41) is 14.9. The van der Waals surface area contributed by atoms with Crippen molar-refractivity contribution in [2.75, 3.05) is 19.7 Å². The number of hydrogen-bond donors (Lipinski definition) is 2. The van der Waals surface area contributed by atoms with Gasteiger partial charge in [-0.15, -0.1) is 0 Å². The van der Waals surface area contributed by atoms with E-state index in [1.807, 2.05) is 19.9 Å². The highest BCUT2D eigenvalue weighted by Crippen LogP contribution is 2.25. The molecule has 204 valence electrons. The largest absolute Gasteiger partial charge is 0.466 e. The molecule has 3 amide bonds. The molecule has 0 aliphatic carbocycles. The van der Waals surface area contributed by atoms with Gasteiger partial charge in [-0.25, -0.2) is 4.79 Å². The molecule has 0 fully saturated rings. The van der Waals surface area contributed by atoms with E-state index in [2.05, 4.69) is 10.6 Å². The lowest BCUT2D eigenvalue weighted by atomic mass is 9.95. The number of benzene rings is 1. The third-order valence-electron chi connectivity index (χ3n) is 5.56. The monoisotopic (exact) mass is 516 g/mol. The Morgan fingerprint density at radius 2 is 1.73 bits per heavy atom. The van der Waals surface area contributed by atoms with Crippen LogP contribution in [0.1, 0.15) is 71.6 Å². The molecule has 0 bridgehead atoms. The molecule has 0 saturated heterocycles. The molecule has 0 radical (unpaired) electrons. The van der Waals surface area contributed by atoms with Gasteiger partial charge in [0.1, 0.15) is 24.2 Å². The normalized spacial score (nSPS) is 13.4. The minimum absolute atomic E-state index is 0.000435. The fourth-order valence-corrected chi connectivity index (χ4v) is 3.51. The van der Waals surface area contributed by atoms with Gasteiger partial charge in [0.25, 0.3) is 0 Å². The van der Waals surface area contributed by atoms with Gasteiger partial charge in [-0.1, -0.05) is 50.1 Å². The van der Waals surface area contributed by atoms with Gasteiger partial charge in [-0.2, -0.15) is 5.26 Å².